The number of hydrogen-bond acceptors (Lipinski definition) is 5. The van der Waals surface area contributed by atoms with Crippen LogP contribution < -0.4 is 0 Å². The van der Waals surface area contributed by atoms with Crippen molar-refractivity contribution in [1.82, 2.24) is 0 Å². The largest absolute Gasteiger partial charge is 0.462 e. The van der Waals surface area contributed by atoms with Gasteiger partial charge < -0.3 is 14.6 Å². The maximum Gasteiger partial charge on any atom is 0.306 e. The van der Waals surface area contributed by atoms with Crippen molar-refractivity contribution in [1.29, 1.82) is 0 Å². The van der Waals surface area contributed by atoms with Gasteiger partial charge in [0.05, 0.1) is 6.61 Å². The molecule has 0 aliphatic carbocycles. The third kappa shape index (κ3) is 29.4. The van der Waals surface area contributed by atoms with Gasteiger partial charge in [-0.1, -0.05) is 122 Å². The molecule has 0 fully saturated rings. The number of esters is 2. The molecule has 0 heterocycles. The van der Waals surface area contributed by atoms with Gasteiger partial charge >= 0.3 is 11.9 Å². The molecular weight excluding hydrogens is 500 g/mol. The van der Waals surface area contributed by atoms with Crippen LogP contribution in [0.1, 0.15) is 168 Å². The second kappa shape index (κ2) is 31.9. The molecular formula is C35H64O5. The fraction of sp³-hybridized carbons (Fsp3) is 0.829. The first-order chi connectivity index (χ1) is 19.6. The molecule has 0 unspecified atom stereocenters. The molecule has 234 valence electrons. The van der Waals surface area contributed by atoms with E-state index in [-0.39, 0.29) is 25.2 Å². The molecule has 0 aliphatic heterocycles. The third-order valence-corrected chi connectivity index (χ3v) is 7.20. The van der Waals surface area contributed by atoms with E-state index in [4.69, 9.17) is 9.47 Å². The average Bonchev–Trinajstić information content (AvgIpc) is 2.96. The van der Waals surface area contributed by atoms with Crippen LogP contribution in [0.4, 0.5) is 0 Å². The van der Waals surface area contributed by atoms with Crippen molar-refractivity contribution in [2.45, 2.75) is 174 Å². The number of aliphatic hydroxyl groups is 1. The van der Waals surface area contributed by atoms with Crippen LogP contribution in [-0.2, 0) is 19.1 Å². The molecule has 0 rings (SSSR count). The predicted octanol–water partition coefficient (Wildman–Crippen LogP) is 9.95. The molecule has 0 aliphatic rings. The Balaban J connectivity index is 3.59. The zero-order valence-corrected chi connectivity index (χ0v) is 26.4. The fourth-order valence-electron chi connectivity index (χ4n) is 4.61. The van der Waals surface area contributed by atoms with Crippen molar-refractivity contribution in [2.75, 3.05) is 13.2 Å². The number of carbonyl (C=O) groups is 2. The summed E-state index contributed by atoms with van der Waals surface area (Å²) in [5, 5.41) is 9.49. The SMILES string of the molecule is CCC/C=C\CCCCCCCCC(=O)OC[C@H](CO)OC(=O)CCCCCCCC/C=C/CCCCCCC. The average molecular weight is 565 g/mol. The summed E-state index contributed by atoms with van der Waals surface area (Å²) in [6.45, 7) is 4.05. The van der Waals surface area contributed by atoms with Crippen LogP contribution >= 0.6 is 0 Å². The highest BCUT2D eigenvalue weighted by molar-refractivity contribution is 5.70. The lowest BCUT2D eigenvalue weighted by atomic mass is 10.1. The highest BCUT2D eigenvalue weighted by Gasteiger charge is 2.16. The van der Waals surface area contributed by atoms with Gasteiger partial charge in [-0.15, -0.1) is 0 Å². The summed E-state index contributed by atoms with van der Waals surface area (Å²) in [7, 11) is 0. The minimum atomic E-state index is -0.771. The summed E-state index contributed by atoms with van der Waals surface area (Å²) in [6, 6.07) is 0. The minimum Gasteiger partial charge on any atom is -0.462 e. The van der Waals surface area contributed by atoms with E-state index >= 15 is 0 Å². The Morgan fingerprint density at radius 1 is 0.550 bits per heavy atom. The maximum absolute atomic E-state index is 12.1. The predicted molar refractivity (Wildman–Crippen MR) is 168 cm³/mol. The molecule has 0 spiro atoms. The molecule has 0 bridgehead atoms. The molecule has 0 saturated carbocycles. The molecule has 1 N–H and O–H groups in total. The molecule has 0 aromatic carbocycles. The Morgan fingerprint density at radius 2 is 0.975 bits per heavy atom. The molecule has 0 radical (unpaired) electrons. The summed E-state index contributed by atoms with van der Waals surface area (Å²) in [4.78, 5) is 24.1. The summed E-state index contributed by atoms with van der Waals surface area (Å²) in [6.07, 6.45) is 35.1. The monoisotopic (exact) mass is 564 g/mol. The van der Waals surface area contributed by atoms with Crippen LogP contribution in [-0.4, -0.2) is 36.4 Å². The number of unbranched alkanes of at least 4 members (excludes halogenated alkanes) is 18. The molecule has 0 saturated heterocycles. The van der Waals surface area contributed by atoms with Crippen LogP contribution in [0.5, 0.6) is 0 Å². The lowest BCUT2D eigenvalue weighted by molar-refractivity contribution is -0.161. The summed E-state index contributed by atoms with van der Waals surface area (Å²) in [5.41, 5.74) is 0. The molecule has 1 atom stereocenters. The van der Waals surface area contributed by atoms with Crippen LogP contribution in [0.2, 0.25) is 0 Å². The fourth-order valence-corrected chi connectivity index (χ4v) is 4.61. The number of rotatable bonds is 30. The summed E-state index contributed by atoms with van der Waals surface area (Å²) in [5.74, 6) is -0.607. The molecule has 0 amide bonds. The maximum atomic E-state index is 12.1. The molecule has 5 nitrogen and oxygen atoms in total. The Bertz CT molecular complexity index is 613. The van der Waals surface area contributed by atoms with Gasteiger partial charge in [-0.05, 0) is 57.8 Å². The van der Waals surface area contributed by atoms with E-state index in [0.717, 1.165) is 38.5 Å². The standard InChI is InChI=1S/C35H64O5/c1-3-5-7-9-11-13-15-16-17-18-20-22-24-26-28-30-35(38)40-33(31-36)32-39-34(37)29-27-25-23-21-19-14-12-10-8-6-4-2/h8,10,15-16,33,36H,3-7,9,11-14,17-32H2,1-2H3/b10-8-,16-15+/t33-/m0/s1. The summed E-state index contributed by atoms with van der Waals surface area (Å²) < 4.78 is 10.5. The van der Waals surface area contributed by atoms with Gasteiger partial charge in [0.15, 0.2) is 6.10 Å². The lowest BCUT2D eigenvalue weighted by Crippen LogP contribution is -2.28. The van der Waals surface area contributed by atoms with Crippen molar-refractivity contribution in [3.05, 3.63) is 24.3 Å². The number of carbonyl (C=O) groups excluding carboxylic acids is 2. The van der Waals surface area contributed by atoms with Crippen molar-refractivity contribution >= 4 is 11.9 Å². The van der Waals surface area contributed by atoms with E-state index in [1.54, 1.807) is 0 Å². The van der Waals surface area contributed by atoms with Gasteiger partial charge in [0.2, 0.25) is 0 Å². The van der Waals surface area contributed by atoms with Crippen molar-refractivity contribution < 1.29 is 24.2 Å². The first kappa shape index (κ1) is 38.4. The molecule has 0 aromatic rings. The summed E-state index contributed by atoms with van der Waals surface area (Å²) >= 11 is 0. The topological polar surface area (TPSA) is 72.8 Å². The van der Waals surface area contributed by atoms with Crippen molar-refractivity contribution in [3.8, 4) is 0 Å². The Kier molecular flexibility index (Phi) is 30.6. The number of hydrogen-bond donors (Lipinski definition) is 1. The zero-order chi connectivity index (χ0) is 29.4. The van der Waals surface area contributed by atoms with Gasteiger partial charge in [0.25, 0.3) is 0 Å². The van der Waals surface area contributed by atoms with Gasteiger partial charge in [-0.2, -0.15) is 0 Å². The zero-order valence-electron chi connectivity index (χ0n) is 26.4. The van der Waals surface area contributed by atoms with Gasteiger partial charge in [-0.25, -0.2) is 0 Å². The smallest absolute Gasteiger partial charge is 0.306 e. The minimum absolute atomic E-state index is 0.0695. The van der Waals surface area contributed by atoms with E-state index in [1.807, 2.05) is 0 Å². The number of allylic oxidation sites excluding steroid dienone is 4. The third-order valence-electron chi connectivity index (χ3n) is 7.20. The van der Waals surface area contributed by atoms with Gasteiger partial charge in [-0.3, -0.25) is 9.59 Å². The van der Waals surface area contributed by atoms with E-state index < -0.39 is 6.10 Å². The van der Waals surface area contributed by atoms with Crippen molar-refractivity contribution in [3.63, 3.8) is 0 Å². The van der Waals surface area contributed by atoms with Crippen LogP contribution in [0, 0.1) is 0 Å². The highest BCUT2D eigenvalue weighted by atomic mass is 16.6. The first-order valence-electron chi connectivity index (χ1n) is 16.9. The number of aliphatic hydroxyl groups excluding tert-OH is 1. The van der Waals surface area contributed by atoms with E-state index in [1.165, 1.54) is 103 Å². The first-order valence-corrected chi connectivity index (χ1v) is 16.9. The van der Waals surface area contributed by atoms with Gasteiger partial charge in [0.1, 0.15) is 6.61 Å². The van der Waals surface area contributed by atoms with Crippen molar-refractivity contribution in [2.24, 2.45) is 0 Å². The van der Waals surface area contributed by atoms with E-state index in [0.29, 0.717) is 12.8 Å². The van der Waals surface area contributed by atoms with Gasteiger partial charge in [0, 0.05) is 12.8 Å². The quantitative estimate of drug-likeness (QED) is 0.0534. The van der Waals surface area contributed by atoms with E-state index in [9.17, 15) is 14.7 Å². The highest BCUT2D eigenvalue weighted by Crippen LogP contribution is 2.12. The Labute approximate surface area is 247 Å². The van der Waals surface area contributed by atoms with Crippen LogP contribution in [0.25, 0.3) is 0 Å². The lowest BCUT2D eigenvalue weighted by Gasteiger charge is -2.15. The molecule has 0 aromatic heterocycles. The Morgan fingerprint density at radius 3 is 1.45 bits per heavy atom. The van der Waals surface area contributed by atoms with E-state index in [2.05, 4.69) is 38.2 Å². The number of ether oxygens (including phenoxy) is 2. The van der Waals surface area contributed by atoms with Crippen LogP contribution in [0.15, 0.2) is 24.3 Å². The second-order valence-electron chi connectivity index (χ2n) is 11.2. The molecule has 5 heteroatoms. The van der Waals surface area contributed by atoms with Crippen LogP contribution in [0.3, 0.4) is 0 Å². The second-order valence-corrected chi connectivity index (χ2v) is 11.2. The Hall–Kier alpha value is -1.62. The molecule has 40 heavy (non-hydrogen) atoms. The normalized spacial score (nSPS) is 12.4.